The van der Waals surface area contributed by atoms with Gasteiger partial charge in [0.1, 0.15) is 5.82 Å². The molecule has 0 unspecified atom stereocenters. The minimum atomic E-state index is -4.14. The first-order valence-corrected chi connectivity index (χ1v) is 11.1. The van der Waals surface area contributed by atoms with Crippen LogP contribution in [0.15, 0.2) is 36.8 Å². The van der Waals surface area contributed by atoms with E-state index in [9.17, 15) is 18.0 Å². The van der Waals surface area contributed by atoms with Crippen molar-refractivity contribution in [1.82, 2.24) is 24.6 Å². The molecule has 33 heavy (non-hydrogen) atoms. The Kier molecular flexibility index (Phi) is 5.35. The first kappa shape index (κ1) is 21.8. The minimum Gasteiger partial charge on any atom is -0.310 e. The molecule has 1 N–H and O–H groups in total. The first-order valence-electron chi connectivity index (χ1n) is 11.1. The van der Waals surface area contributed by atoms with E-state index >= 15 is 0 Å². The highest BCUT2D eigenvalue weighted by atomic mass is 19.4. The zero-order chi connectivity index (χ0) is 23.2. The van der Waals surface area contributed by atoms with Gasteiger partial charge in [0.05, 0.1) is 22.8 Å². The van der Waals surface area contributed by atoms with Gasteiger partial charge in [-0.15, -0.1) is 0 Å². The maximum absolute atomic E-state index is 13.2. The Morgan fingerprint density at radius 1 is 1.21 bits per heavy atom. The number of likely N-dealkylation sites (tertiary alicyclic amines) is 1. The van der Waals surface area contributed by atoms with Crippen LogP contribution in [-0.2, 0) is 11.8 Å². The first-order chi connectivity index (χ1) is 15.7. The van der Waals surface area contributed by atoms with Crippen LogP contribution >= 0.6 is 0 Å². The average molecular weight is 458 g/mol. The van der Waals surface area contributed by atoms with Crippen LogP contribution in [0.5, 0.6) is 0 Å². The third-order valence-corrected chi connectivity index (χ3v) is 6.77. The Morgan fingerprint density at radius 3 is 2.61 bits per heavy atom. The summed E-state index contributed by atoms with van der Waals surface area (Å²) in [6.45, 7) is 1.04. The van der Waals surface area contributed by atoms with Crippen molar-refractivity contribution in [3.05, 3.63) is 36.8 Å². The van der Waals surface area contributed by atoms with Gasteiger partial charge >= 0.3 is 6.18 Å². The number of halogens is 3. The van der Waals surface area contributed by atoms with Gasteiger partial charge < -0.3 is 10.2 Å². The van der Waals surface area contributed by atoms with Crippen molar-refractivity contribution >= 4 is 22.6 Å². The number of aromatic nitrogens is 4. The second kappa shape index (κ2) is 8.09. The summed E-state index contributed by atoms with van der Waals surface area (Å²) in [6, 6.07) is 5.56. The standard InChI is InChI=1S/C23H25F3N6O/c1-31-13-17(12-28-31)18-3-2-16-11-27-20(10-19(16)29-18)30-21(33)15-4-8-32(9-5-15)14-22(6-7-22)23(24,25)26/h2-3,10-13,15H,4-9,14H2,1H3,(H,27,30,33). The summed E-state index contributed by atoms with van der Waals surface area (Å²) in [5.74, 6) is 0.0242. The van der Waals surface area contributed by atoms with Crippen molar-refractivity contribution in [1.29, 1.82) is 0 Å². The van der Waals surface area contributed by atoms with Gasteiger partial charge in [-0.3, -0.25) is 9.48 Å². The number of nitrogens with zero attached hydrogens (tertiary/aromatic N) is 5. The topological polar surface area (TPSA) is 75.9 Å². The number of hydrogen-bond donors (Lipinski definition) is 1. The molecular weight excluding hydrogens is 433 g/mol. The number of nitrogens with one attached hydrogen (secondary N) is 1. The molecule has 1 aliphatic carbocycles. The summed E-state index contributed by atoms with van der Waals surface area (Å²) in [7, 11) is 1.84. The molecule has 1 saturated heterocycles. The minimum absolute atomic E-state index is 0.0437. The lowest BCUT2D eigenvalue weighted by molar-refractivity contribution is -0.192. The van der Waals surface area contributed by atoms with Gasteiger partial charge in [0, 0.05) is 48.9 Å². The lowest BCUT2D eigenvalue weighted by Crippen LogP contribution is -2.44. The van der Waals surface area contributed by atoms with Gasteiger partial charge in [-0.1, -0.05) is 0 Å². The number of aryl methyl sites for hydroxylation is 1. The molecule has 4 heterocycles. The van der Waals surface area contributed by atoms with Crippen LogP contribution in [0.2, 0.25) is 0 Å². The van der Waals surface area contributed by atoms with E-state index in [0.717, 1.165) is 16.6 Å². The molecular formula is C23H25F3N6O. The van der Waals surface area contributed by atoms with E-state index in [-0.39, 0.29) is 31.2 Å². The zero-order valence-electron chi connectivity index (χ0n) is 18.3. The van der Waals surface area contributed by atoms with Crippen molar-refractivity contribution in [3.63, 3.8) is 0 Å². The van der Waals surface area contributed by atoms with Crippen molar-refractivity contribution in [2.45, 2.75) is 31.9 Å². The largest absolute Gasteiger partial charge is 0.395 e. The second-order valence-electron chi connectivity index (χ2n) is 9.18. The summed E-state index contributed by atoms with van der Waals surface area (Å²) < 4.78 is 41.4. The third-order valence-electron chi connectivity index (χ3n) is 6.77. The number of carbonyl (C=O) groups is 1. The third kappa shape index (κ3) is 4.44. The van der Waals surface area contributed by atoms with E-state index in [2.05, 4.69) is 20.4 Å². The van der Waals surface area contributed by atoms with E-state index in [0.29, 0.717) is 37.3 Å². The van der Waals surface area contributed by atoms with E-state index < -0.39 is 11.6 Å². The van der Waals surface area contributed by atoms with Crippen LogP contribution in [0.4, 0.5) is 19.0 Å². The summed E-state index contributed by atoms with van der Waals surface area (Å²) in [5, 5.41) is 7.89. The molecule has 0 spiro atoms. The zero-order valence-corrected chi connectivity index (χ0v) is 18.3. The predicted octanol–water partition coefficient (Wildman–Crippen LogP) is 4.02. The van der Waals surface area contributed by atoms with E-state index in [1.54, 1.807) is 23.1 Å². The maximum atomic E-state index is 13.2. The van der Waals surface area contributed by atoms with Gasteiger partial charge in [-0.2, -0.15) is 18.3 Å². The summed E-state index contributed by atoms with van der Waals surface area (Å²) in [4.78, 5) is 23.6. The monoisotopic (exact) mass is 458 g/mol. The van der Waals surface area contributed by atoms with E-state index in [1.165, 1.54) is 0 Å². The molecule has 174 valence electrons. The number of hydrogen-bond acceptors (Lipinski definition) is 5. The SMILES string of the molecule is Cn1cc(-c2ccc3cnc(NC(=O)C4CCN(CC5(C(F)(F)F)CC5)CC4)cc3n2)cn1. The van der Waals surface area contributed by atoms with Gasteiger partial charge in [0.15, 0.2) is 0 Å². The average Bonchev–Trinajstić information content (AvgIpc) is 3.45. The molecule has 5 rings (SSSR count). The van der Waals surface area contributed by atoms with E-state index in [1.807, 2.05) is 30.3 Å². The molecule has 10 heteroatoms. The smallest absolute Gasteiger partial charge is 0.310 e. The number of alkyl halides is 3. The molecule has 0 atom stereocenters. The van der Waals surface area contributed by atoms with Crippen molar-refractivity contribution in [3.8, 4) is 11.3 Å². The summed E-state index contributed by atoms with van der Waals surface area (Å²) in [5.41, 5.74) is 0.850. The molecule has 0 radical (unpaired) electrons. The highest BCUT2D eigenvalue weighted by Gasteiger charge is 2.63. The fourth-order valence-corrected chi connectivity index (χ4v) is 4.49. The van der Waals surface area contributed by atoms with Crippen LogP contribution in [0.1, 0.15) is 25.7 Å². The summed E-state index contributed by atoms with van der Waals surface area (Å²) >= 11 is 0. The Labute approximate surface area is 189 Å². The Hall–Kier alpha value is -3.01. The Morgan fingerprint density at radius 2 is 1.97 bits per heavy atom. The molecule has 2 fully saturated rings. The molecule has 1 amide bonds. The second-order valence-corrected chi connectivity index (χ2v) is 9.18. The number of fused-ring (bicyclic) bond motifs is 1. The van der Waals surface area contributed by atoms with Crippen molar-refractivity contribution < 1.29 is 18.0 Å². The number of anilines is 1. The predicted molar refractivity (Wildman–Crippen MR) is 117 cm³/mol. The lowest BCUT2D eigenvalue weighted by atomic mass is 9.94. The highest BCUT2D eigenvalue weighted by molar-refractivity contribution is 5.93. The number of pyridine rings is 2. The van der Waals surface area contributed by atoms with Crippen molar-refractivity contribution in [2.24, 2.45) is 18.4 Å². The molecule has 0 aromatic carbocycles. The highest BCUT2D eigenvalue weighted by Crippen LogP contribution is 2.58. The van der Waals surface area contributed by atoms with Crippen LogP contribution in [0.3, 0.4) is 0 Å². The van der Waals surface area contributed by atoms with Crippen LogP contribution < -0.4 is 5.32 Å². The Bertz CT molecular complexity index is 1180. The normalized spacial score (nSPS) is 19.0. The lowest BCUT2D eigenvalue weighted by Gasteiger charge is -2.34. The molecule has 3 aromatic rings. The van der Waals surface area contributed by atoms with Crippen LogP contribution in [0.25, 0.3) is 22.2 Å². The molecule has 1 aliphatic heterocycles. The molecule has 0 bridgehead atoms. The summed E-state index contributed by atoms with van der Waals surface area (Å²) in [6.07, 6.45) is 2.64. The number of carbonyl (C=O) groups excluding carboxylic acids is 1. The van der Waals surface area contributed by atoms with Crippen molar-refractivity contribution in [2.75, 3.05) is 25.0 Å². The van der Waals surface area contributed by atoms with Gasteiger partial charge in [-0.05, 0) is 50.9 Å². The molecule has 2 aliphatic rings. The van der Waals surface area contributed by atoms with Crippen LogP contribution in [-0.4, -0.2) is 56.4 Å². The molecule has 1 saturated carbocycles. The molecule has 3 aromatic heterocycles. The number of rotatable bonds is 5. The van der Waals surface area contributed by atoms with Crippen LogP contribution in [0, 0.1) is 11.3 Å². The van der Waals surface area contributed by atoms with Gasteiger partial charge in [0.25, 0.3) is 0 Å². The maximum Gasteiger partial charge on any atom is 0.395 e. The molecule has 7 nitrogen and oxygen atoms in total. The number of amides is 1. The van der Waals surface area contributed by atoms with E-state index in [4.69, 9.17) is 0 Å². The van der Waals surface area contributed by atoms with Gasteiger partial charge in [-0.25, -0.2) is 9.97 Å². The Balaban J connectivity index is 1.21. The number of piperidine rings is 1. The quantitative estimate of drug-likeness (QED) is 0.625. The van der Waals surface area contributed by atoms with Gasteiger partial charge in [0.2, 0.25) is 5.91 Å². The fraction of sp³-hybridized carbons (Fsp3) is 0.478. The fourth-order valence-electron chi connectivity index (χ4n) is 4.49.